The van der Waals surface area contributed by atoms with Gasteiger partial charge in [-0.25, -0.2) is 0 Å². The van der Waals surface area contributed by atoms with Crippen molar-refractivity contribution in [2.45, 2.75) is 0 Å². The molecule has 0 fully saturated rings. The number of hydrogen-bond acceptors (Lipinski definition) is 1. The summed E-state index contributed by atoms with van der Waals surface area (Å²) in [5.74, 6) is 0. The molecule has 3 aromatic rings. The van der Waals surface area contributed by atoms with Gasteiger partial charge >= 0.3 is 0 Å². The molecule has 0 spiro atoms. The minimum atomic E-state index is 0. The molecule has 0 saturated heterocycles. The van der Waals surface area contributed by atoms with E-state index in [-0.39, 0.29) is 29.4 Å². The Labute approximate surface area is 141 Å². The molecule has 0 aliphatic heterocycles. The van der Waals surface area contributed by atoms with E-state index < -0.39 is 0 Å². The third-order valence-corrected chi connectivity index (χ3v) is 3.32. The molecule has 3 heteroatoms. The van der Waals surface area contributed by atoms with Gasteiger partial charge in [0.2, 0.25) is 0 Å². The maximum atomic E-state index is 12.7. The molecule has 2 aromatic carbocycles. The molecule has 2 nitrogen and oxygen atoms in total. The molecule has 21 heavy (non-hydrogen) atoms. The van der Waals surface area contributed by atoms with E-state index in [1.54, 1.807) is 0 Å². The van der Waals surface area contributed by atoms with Crippen molar-refractivity contribution in [2.75, 3.05) is 0 Å². The van der Waals surface area contributed by atoms with Crippen LogP contribution in [0.25, 0.3) is 22.3 Å². The first-order valence-electron chi connectivity index (χ1n) is 6.57. The van der Waals surface area contributed by atoms with Crippen LogP contribution < -0.4 is 5.43 Å². The lowest BCUT2D eigenvalue weighted by Gasteiger charge is -2.09. The molecule has 0 atom stereocenters. The summed E-state index contributed by atoms with van der Waals surface area (Å²) in [6.07, 6.45) is 3.76. The zero-order chi connectivity index (χ0) is 13.9. The van der Waals surface area contributed by atoms with Gasteiger partial charge in [-0.05, 0) is 11.1 Å². The van der Waals surface area contributed by atoms with Crippen molar-refractivity contribution in [2.24, 2.45) is 7.05 Å². The molecule has 0 radical (unpaired) electrons. The Morgan fingerprint density at radius 2 is 1.10 bits per heavy atom. The van der Waals surface area contributed by atoms with Gasteiger partial charge in [0.15, 0.2) is 5.43 Å². The van der Waals surface area contributed by atoms with E-state index in [1.165, 1.54) is 0 Å². The van der Waals surface area contributed by atoms with Crippen molar-refractivity contribution < 1.29 is 0 Å². The second-order valence-corrected chi connectivity index (χ2v) is 4.81. The SMILES string of the molecule is Cn1cc(-c2ccccc2)c(=O)c(-c2ccccc2)c1.I. The summed E-state index contributed by atoms with van der Waals surface area (Å²) >= 11 is 0. The fraction of sp³-hybridized carbons (Fsp3) is 0.0556. The molecule has 0 bridgehead atoms. The van der Waals surface area contributed by atoms with Crippen LogP contribution in [0.2, 0.25) is 0 Å². The molecular weight excluding hydrogens is 373 g/mol. The Kier molecular flexibility index (Phi) is 4.96. The van der Waals surface area contributed by atoms with Gasteiger partial charge in [0, 0.05) is 30.6 Å². The summed E-state index contributed by atoms with van der Waals surface area (Å²) < 4.78 is 1.94. The topological polar surface area (TPSA) is 22.0 Å². The van der Waals surface area contributed by atoms with Crippen LogP contribution >= 0.6 is 24.0 Å². The number of nitrogens with zero attached hydrogens (tertiary/aromatic N) is 1. The quantitative estimate of drug-likeness (QED) is 0.598. The third kappa shape index (κ3) is 3.24. The molecule has 0 aliphatic carbocycles. The number of hydrogen-bond donors (Lipinski definition) is 0. The predicted molar refractivity (Wildman–Crippen MR) is 98.0 cm³/mol. The molecule has 3 rings (SSSR count). The maximum absolute atomic E-state index is 12.7. The first-order chi connectivity index (χ1) is 9.75. The van der Waals surface area contributed by atoms with E-state index in [2.05, 4.69) is 0 Å². The van der Waals surface area contributed by atoms with E-state index in [1.807, 2.05) is 84.7 Å². The average molecular weight is 389 g/mol. The van der Waals surface area contributed by atoms with Gasteiger partial charge in [0.25, 0.3) is 0 Å². The van der Waals surface area contributed by atoms with Crippen LogP contribution in [0.15, 0.2) is 77.9 Å². The van der Waals surface area contributed by atoms with E-state index in [4.69, 9.17) is 0 Å². The molecule has 0 N–H and O–H groups in total. The highest BCUT2D eigenvalue weighted by atomic mass is 127. The number of rotatable bonds is 2. The standard InChI is InChI=1S/C18H15NO.HI/c1-19-12-16(14-8-4-2-5-9-14)18(20)17(13-19)15-10-6-3-7-11-15;/h2-13H,1H3;1H. The van der Waals surface area contributed by atoms with Crippen molar-refractivity contribution in [1.29, 1.82) is 0 Å². The Hall–Kier alpha value is -1.88. The second kappa shape index (κ2) is 6.72. The minimum Gasteiger partial charge on any atom is -0.356 e. The second-order valence-electron chi connectivity index (χ2n) is 4.81. The summed E-state index contributed by atoms with van der Waals surface area (Å²) in [4.78, 5) is 12.7. The lowest BCUT2D eigenvalue weighted by atomic mass is 10.0. The first-order valence-corrected chi connectivity index (χ1v) is 6.57. The summed E-state index contributed by atoms with van der Waals surface area (Å²) in [6.45, 7) is 0. The monoisotopic (exact) mass is 389 g/mol. The van der Waals surface area contributed by atoms with E-state index in [9.17, 15) is 4.79 Å². The summed E-state index contributed by atoms with van der Waals surface area (Å²) in [5, 5.41) is 0. The van der Waals surface area contributed by atoms with E-state index in [0.29, 0.717) is 0 Å². The Morgan fingerprint density at radius 1 is 0.714 bits per heavy atom. The van der Waals surface area contributed by atoms with Crippen LogP contribution in [0.1, 0.15) is 0 Å². The smallest absolute Gasteiger partial charge is 0.197 e. The average Bonchev–Trinajstić information content (AvgIpc) is 2.51. The van der Waals surface area contributed by atoms with Gasteiger partial charge in [-0.2, -0.15) is 0 Å². The fourth-order valence-electron chi connectivity index (χ4n) is 2.35. The van der Waals surface area contributed by atoms with Crippen molar-refractivity contribution >= 4 is 24.0 Å². The van der Waals surface area contributed by atoms with Crippen molar-refractivity contribution in [3.8, 4) is 22.3 Å². The number of aryl methyl sites for hydroxylation is 1. The molecule has 106 valence electrons. The van der Waals surface area contributed by atoms with Crippen molar-refractivity contribution in [3.63, 3.8) is 0 Å². The molecule has 0 amide bonds. The highest BCUT2D eigenvalue weighted by molar-refractivity contribution is 14.0. The molecule has 0 saturated carbocycles. The van der Waals surface area contributed by atoms with Gasteiger partial charge < -0.3 is 4.57 Å². The van der Waals surface area contributed by atoms with Crippen LogP contribution in [0.5, 0.6) is 0 Å². The summed E-state index contributed by atoms with van der Waals surface area (Å²) in [7, 11) is 1.94. The Morgan fingerprint density at radius 3 is 1.48 bits per heavy atom. The van der Waals surface area contributed by atoms with Gasteiger partial charge in [-0.15, -0.1) is 24.0 Å². The molecule has 1 aromatic heterocycles. The van der Waals surface area contributed by atoms with Gasteiger partial charge in [0.05, 0.1) is 0 Å². The summed E-state index contributed by atoms with van der Waals surface area (Å²) in [5.41, 5.74) is 3.43. The molecular formula is C18H16INO. The maximum Gasteiger partial charge on any atom is 0.197 e. The molecule has 0 aliphatic rings. The Bertz CT molecular complexity index is 716. The fourth-order valence-corrected chi connectivity index (χ4v) is 2.35. The van der Waals surface area contributed by atoms with Crippen molar-refractivity contribution in [3.05, 3.63) is 83.3 Å². The zero-order valence-electron chi connectivity index (χ0n) is 11.7. The highest BCUT2D eigenvalue weighted by Crippen LogP contribution is 2.20. The minimum absolute atomic E-state index is 0. The van der Waals surface area contributed by atoms with Gasteiger partial charge in [-0.1, -0.05) is 60.7 Å². The number of halogens is 1. The lowest BCUT2D eigenvalue weighted by Crippen LogP contribution is -2.11. The Balaban J connectivity index is 0.00000161. The molecule has 1 heterocycles. The van der Waals surface area contributed by atoms with Gasteiger partial charge in [0.1, 0.15) is 0 Å². The van der Waals surface area contributed by atoms with Crippen LogP contribution in [0.3, 0.4) is 0 Å². The van der Waals surface area contributed by atoms with Crippen LogP contribution in [0, 0.1) is 0 Å². The van der Waals surface area contributed by atoms with Crippen molar-refractivity contribution in [1.82, 2.24) is 4.57 Å². The van der Waals surface area contributed by atoms with E-state index >= 15 is 0 Å². The first kappa shape index (κ1) is 15.5. The van der Waals surface area contributed by atoms with Gasteiger partial charge in [-0.3, -0.25) is 4.79 Å². The van der Waals surface area contributed by atoms with E-state index in [0.717, 1.165) is 22.3 Å². The van der Waals surface area contributed by atoms with Crippen LogP contribution in [-0.2, 0) is 7.05 Å². The van der Waals surface area contributed by atoms with Crippen LogP contribution in [0.4, 0.5) is 0 Å². The normalized spacial score (nSPS) is 9.95. The highest BCUT2D eigenvalue weighted by Gasteiger charge is 2.09. The number of benzene rings is 2. The third-order valence-electron chi connectivity index (χ3n) is 3.32. The number of aromatic nitrogens is 1. The predicted octanol–water partition coefficient (Wildman–Crippen LogP) is 4.34. The largest absolute Gasteiger partial charge is 0.356 e. The number of pyridine rings is 1. The molecule has 0 unspecified atom stereocenters. The lowest BCUT2D eigenvalue weighted by molar-refractivity contribution is 0.904. The summed E-state index contributed by atoms with van der Waals surface area (Å²) in [6, 6.07) is 19.6. The zero-order valence-corrected chi connectivity index (χ0v) is 14.0. The van der Waals surface area contributed by atoms with Crippen LogP contribution in [-0.4, -0.2) is 4.57 Å².